The van der Waals surface area contributed by atoms with Gasteiger partial charge in [-0.1, -0.05) is 30.3 Å². The molecule has 1 aromatic heterocycles. The SMILES string of the molecule is CCOC(=O)[C@@]1(Cc2ccccc2)C[C@H]2CC[C@@H]1N2Cc1cscn1. The van der Waals surface area contributed by atoms with Crippen LogP contribution < -0.4 is 0 Å². The molecule has 5 heteroatoms. The van der Waals surface area contributed by atoms with E-state index in [2.05, 4.69) is 39.5 Å². The van der Waals surface area contributed by atoms with Crippen LogP contribution in [0.2, 0.25) is 0 Å². The number of carbonyl (C=O) groups excluding carboxylic acids is 1. The van der Waals surface area contributed by atoms with E-state index in [-0.39, 0.29) is 12.0 Å². The number of nitrogens with zero attached hydrogens (tertiary/aromatic N) is 2. The van der Waals surface area contributed by atoms with Gasteiger partial charge in [0.2, 0.25) is 0 Å². The van der Waals surface area contributed by atoms with Gasteiger partial charge in [0.1, 0.15) is 0 Å². The summed E-state index contributed by atoms with van der Waals surface area (Å²) < 4.78 is 5.56. The lowest BCUT2D eigenvalue weighted by Crippen LogP contribution is -2.46. The van der Waals surface area contributed by atoms with Crippen LogP contribution >= 0.6 is 11.3 Å². The molecule has 0 unspecified atom stereocenters. The van der Waals surface area contributed by atoms with Crippen LogP contribution in [0.15, 0.2) is 41.2 Å². The number of esters is 1. The quantitative estimate of drug-likeness (QED) is 0.741. The van der Waals surface area contributed by atoms with Crippen molar-refractivity contribution in [2.45, 2.75) is 51.2 Å². The van der Waals surface area contributed by atoms with Gasteiger partial charge >= 0.3 is 5.97 Å². The number of rotatable bonds is 6. The van der Waals surface area contributed by atoms with E-state index in [0.717, 1.165) is 31.5 Å². The second-order valence-electron chi connectivity index (χ2n) is 7.14. The second-order valence-corrected chi connectivity index (χ2v) is 7.86. The van der Waals surface area contributed by atoms with Gasteiger partial charge in [0.15, 0.2) is 0 Å². The zero-order chi connectivity index (χ0) is 17.3. The molecule has 0 radical (unpaired) electrons. The normalized spacial score (nSPS) is 28.4. The van der Waals surface area contributed by atoms with Gasteiger partial charge in [-0.05, 0) is 38.2 Å². The second kappa shape index (κ2) is 6.89. The Kier molecular flexibility index (Phi) is 4.61. The molecular formula is C20H24N2O2S. The maximum Gasteiger partial charge on any atom is 0.314 e. The Hall–Kier alpha value is -1.72. The molecule has 2 aliphatic rings. The first-order valence-corrected chi connectivity index (χ1v) is 10.0. The highest BCUT2D eigenvalue weighted by molar-refractivity contribution is 7.07. The van der Waals surface area contributed by atoms with E-state index in [9.17, 15) is 4.79 Å². The first-order valence-electron chi connectivity index (χ1n) is 9.07. The summed E-state index contributed by atoms with van der Waals surface area (Å²) >= 11 is 1.63. The minimum absolute atomic E-state index is 0.0191. The number of hydrogen-bond donors (Lipinski definition) is 0. The van der Waals surface area contributed by atoms with Crippen LogP contribution in [0.5, 0.6) is 0 Å². The van der Waals surface area contributed by atoms with Crippen LogP contribution in [0.4, 0.5) is 0 Å². The summed E-state index contributed by atoms with van der Waals surface area (Å²) in [5.74, 6) is -0.0191. The number of fused-ring (bicyclic) bond motifs is 2. The highest BCUT2D eigenvalue weighted by Gasteiger charge is 2.60. The molecule has 25 heavy (non-hydrogen) atoms. The lowest BCUT2D eigenvalue weighted by atomic mass is 9.70. The molecule has 2 fully saturated rings. The van der Waals surface area contributed by atoms with Crippen molar-refractivity contribution in [3.63, 3.8) is 0 Å². The van der Waals surface area contributed by atoms with Gasteiger partial charge in [0.05, 0.1) is 23.2 Å². The maximum atomic E-state index is 13.0. The minimum Gasteiger partial charge on any atom is -0.466 e. The van der Waals surface area contributed by atoms with Crippen molar-refractivity contribution in [3.05, 3.63) is 52.5 Å². The third-order valence-electron chi connectivity index (χ3n) is 5.75. The number of hydrogen-bond acceptors (Lipinski definition) is 5. The van der Waals surface area contributed by atoms with Crippen molar-refractivity contribution in [3.8, 4) is 0 Å². The van der Waals surface area contributed by atoms with Crippen molar-refractivity contribution in [2.75, 3.05) is 6.61 Å². The molecule has 0 amide bonds. The average Bonchev–Trinajstić information content (AvgIpc) is 3.33. The number of benzene rings is 1. The van der Waals surface area contributed by atoms with Gasteiger partial charge in [-0.25, -0.2) is 4.98 Å². The molecule has 4 rings (SSSR count). The predicted octanol–water partition coefficient (Wildman–Crippen LogP) is 3.67. The van der Waals surface area contributed by atoms with E-state index >= 15 is 0 Å². The van der Waals surface area contributed by atoms with E-state index in [1.54, 1.807) is 11.3 Å². The molecule has 0 N–H and O–H groups in total. The summed E-state index contributed by atoms with van der Waals surface area (Å²) in [4.78, 5) is 20.0. The van der Waals surface area contributed by atoms with E-state index in [0.29, 0.717) is 12.6 Å². The summed E-state index contributed by atoms with van der Waals surface area (Å²) in [6.07, 6.45) is 3.90. The first kappa shape index (κ1) is 16.7. The number of thiazole rings is 1. The lowest BCUT2D eigenvalue weighted by Gasteiger charge is -2.35. The van der Waals surface area contributed by atoms with E-state index in [1.165, 1.54) is 12.0 Å². The van der Waals surface area contributed by atoms with Gasteiger partial charge in [-0.2, -0.15) is 0 Å². The van der Waals surface area contributed by atoms with Crippen LogP contribution in [-0.4, -0.2) is 34.5 Å². The fourth-order valence-electron chi connectivity index (χ4n) is 4.76. The lowest BCUT2D eigenvalue weighted by molar-refractivity contribution is -0.157. The Morgan fingerprint density at radius 2 is 2.20 bits per heavy atom. The van der Waals surface area contributed by atoms with Crippen molar-refractivity contribution in [1.29, 1.82) is 0 Å². The van der Waals surface area contributed by atoms with Gasteiger partial charge < -0.3 is 4.74 Å². The van der Waals surface area contributed by atoms with Crippen LogP contribution in [0, 0.1) is 5.41 Å². The molecule has 2 aromatic rings. The highest BCUT2D eigenvalue weighted by atomic mass is 32.1. The molecule has 0 spiro atoms. The molecule has 0 aliphatic carbocycles. The summed E-state index contributed by atoms with van der Waals surface area (Å²) in [5, 5.41) is 2.11. The minimum atomic E-state index is -0.420. The Morgan fingerprint density at radius 3 is 2.92 bits per heavy atom. The topological polar surface area (TPSA) is 42.4 Å². The van der Waals surface area contributed by atoms with Crippen LogP contribution in [-0.2, 0) is 22.5 Å². The molecule has 2 saturated heterocycles. The van der Waals surface area contributed by atoms with E-state index in [4.69, 9.17) is 4.74 Å². The average molecular weight is 356 g/mol. The molecule has 132 valence electrons. The molecule has 4 nitrogen and oxygen atoms in total. The van der Waals surface area contributed by atoms with Gasteiger partial charge in [0.25, 0.3) is 0 Å². The third-order valence-corrected chi connectivity index (χ3v) is 6.39. The predicted molar refractivity (Wildman–Crippen MR) is 98.3 cm³/mol. The van der Waals surface area contributed by atoms with Crippen LogP contribution in [0.1, 0.15) is 37.4 Å². The molecule has 3 atom stereocenters. The first-order chi connectivity index (χ1) is 12.2. The van der Waals surface area contributed by atoms with E-state index < -0.39 is 5.41 Å². The fraction of sp³-hybridized carbons (Fsp3) is 0.500. The van der Waals surface area contributed by atoms with Gasteiger partial charge in [0, 0.05) is 24.0 Å². The van der Waals surface area contributed by atoms with Crippen molar-refractivity contribution in [1.82, 2.24) is 9.88 Å². The molecule has 0 saturated carbocycles. The zero-order valence-corrected chi connectivity index (χ0v) is 15.4. The van der Waals surface area contributed by atoms with Crippen molar-refractivity contribution in [2.24, 2.45) is 5.41 Å². The molecular weight excluding hydrogens is 332 g/mol. The number of aromatic nitrogens is 1. The largest absolute Gasteiger partial charge is 0.466 e. The summed E-state index contributed by atoms with van der Waals surface area (Å²) in [6.45, 7) is 3.18. The summed E-state index contributed by atoms with van der Waals surface area (Å²) in [6, 6.07) is 11.1. The zero-order valence-electron chi connectivity index (χ0n) is 14.6. The monoisotopic (exact) mass is 356 g/mol. The van der Waals surface area contributed by atoms with E-state index in [1.807, 2.05) is 18.5 Å². The molecule has 2 bridgehead atoms. The smallest absolute Gasteiger partial charge is 0.314 e. The Labute approximate surface area is 152 Å². The van der Waals surface area contributed by atoms with Gasteiger partial charge in [-0.15, -0.1) is 11.3 Å². The molecule has 2 aliphatic heterocycles. The summed E-state index contributed by atoms with van der Waals surface area (Å²) in [5.41, 5.74) is 3.80. The fourth-order valence-corrected chi connectivity index (χ4v) is 5.31. The Bertz CT molecular complexity index is 719. The van der Waals surface area contributed by atoms with Crippen molar-refractivity contribution < 1.29 is 9.53 Å². The standard InChI is InChI=1S/C20H24N2O2S/c1-2-24-19(23)20(10-15-6-4-3-5-7-15)11-17-8-9-18(20)22(17)12-16-13-25-14-21-16/h3-7,13-14,17-18H,2,8-12H2,1H3/t17-,18+,20+/m1/s1. The number of carbonyl (C=O) groups is 1. The number of ether oxygens (including phenoxy) is 1. The third kappa shape index (κ3) is 3.00. The maximum absolute atomic E-state index is 13.0. The van der Waals surface area contributed by atoms with Gasteiger partial charge in [-0.3, -0.25) is 9.69 Å². The van der Waals surface area contributed by atoms with Crippen molar-refractivity contribution >= 4 is 17.3 Å². The summed E-state index contributed by atoms with van der Waals surface area (Å²) in [7, 11) is 0. The molecule has 1 aromatic carbocycles. The van der Waals surface area contributed by atoms with Crippen LogP contribution in [0.25, 0.3) is 0 Å². The highest BCUT2D eigenvalue weighted by Crippen LogP contribution is 2.52. The van der Waals surface area contributed by atoms with Crippen LogP contribution in [0.3, 0.4) is 0 Å². The molecule has 3 heterocycles. The Balaban J connectivity index is 1.63. The Morgan fingerprint density at radius 1 is 1.36 bits per heavy atom.